The standard InChI is InChI=1S/C17H13BrN2O3/c1-9-13(18)2-3-14-15(9)12(16(21)19-14)8-20-6-10-4-5-23-17(22)11(10)7-20/h2-3,6-8H,4-5H2,1H3,(H,19,21). The zero-order valence-corrected chi connectivity index (χ0v) is 13.9. The lowest BCUT2D eigenvalue weighted by Gasteiger charge is -2.09. The maximum absolute atomic E-state index is 12.3. The van der Waals surface area contributed by atoms with Crippen LogP contribution in [0.1, 0.15) is 27.0 Å². The van der Waals surface area contributed by atoms with Crippen LogP contribution >= 0.6 is 15.9 Å². The Bertz CT molecular complexity index is 895. The predicted octanol–water partition coefficient (Wildman–Crippen LogP) is 3.22. The zero-order valence-electron chi connectivity index (χ0n) is 12.4. The van der Waals surface area contributed by atoms with Gasteiger partial charge in [0, 0.05) is 40.7 Å². The maximum atomic E-state index is 12.3. The highest BCUT2D eigenvalue weighted by Crippen LogP contribution is 2.38. The third-order valence-corrected chi connectivity index (χ3v) is 5.05. The Balaban J connectivity index is 1.83. The molecule has 0 saturated carbocycles. The van der Waals surface area contributed by atoms with Crippen molar-refractivity contribution in [1.82, 2.24) is 4.57 Å². The van der Waals surface area contributed by atoms with Gasteiger partial charge < -0.3 is 14.6 Å². The minimum atomic E-state index is -0.307. The van der Waals surface area contributed by atoms with Crippen molar-refractivity contribution in [2.45, 2.75) is 13.3 Å². The molecule has 0 saturated heterocycles. The molecule has 2 aliphatic heterocycles. The van der Waals surface area contributed by atoms with Crippen LogP contribution in [0.4, 0.5) is 5.69 Å². The molecule has 0 aliphatic carbocycles. The largest absolute Gasteiger partial charge is 0.462 e. The topological polar surface area (TPSA) is 60.3 Å². The number of ether oxygens (including phenoxy) is 1. The molecule has 1 aromatic carbocycles. The molecule has 5 nitrogen and oxygen atoms in total. The summed E-state index contributed by atoms with van der Waals surface area (Å²) >= 11 is 3.50. The molecule has 0 radical (unpaired) electrons. The number of hydrogen-bond donors (Lipinski definition) is 1. The number of nitrogens with one attached hydrogen (secondary N) is 1. The summed E-state index contributed by atoms with van der Waals surface area (Å²) in [6.45, 7) is 2.37. The number of cyclic esters (lactones) is 1. The Morgan fingerprint density at radius 3 is 2.91 bits per heavy atom. The third kappa shape index (κ3) is 2.21. The van der Waals surface area contributed by atoms with Gasteiger partial charge in [0.25, 0.3) is 5.91 Å². The van der Waals surface area contributed by atoms with Crippen LogP contribution in [0.2, 0.25) is 0 Å². The van der Waals surface area contributed by atoms with E-state index >= 15 is 0 Å². The summed E-state index contributed by atoms with van der Waals surface area (Å²) in [5.74, 6) is -0.450. The maximum Gasteiger partial charge on any atom is 0.339 e. The van der Waals surface area contributed by atoms with Gasteiger partial charge in [-0.3, -0.25) is 4.79 Å². The second-order valence-electron chi connectivity index (χ2n) is 5.62. The average Bonchev–Trinajstić information content (AvgIpc) is 3.06. The molecule has 3 heterocycles. The lowest BCUT2D eigenvalue weighted by atomic mass is 10.0. The quantitative estimate of drug-likeness (QED) is 0.617. The first-order valence-corrected chi connectivity index (χ1v) is 8.04. The van der Waals surface area contributed by atoms with E-state index in [9.17, 15) is 9.59 Å². The third-order valence-electron chi connectivity index (χ3n) is 4.19. The summed E-state index contributed by atoms with van der Waals surface area (Å²) in [6.07, 6.45) is 6.04. The highest BCUT2D eigenvalue weighted by molar-refractivity contribution is 9.10. The molecule has 1 N–H and O–H groups in total. The van der Waals surface area contributed by atoms with Crippen molar-refractivity contribution in [2.24, 2.45) is 0 Å². The lowest BCUT2D eigenvalue weighted by molar-refractivity contribution is -0.110. The molecule has 0 spiro atoms. The van der Waals surface area contributed by atoms with E-state index in [1.807, 2.05) is 25.3 Å². The smallest absolute Gasteiger partial charge is 0.339 e. The number of fused-ring (bicyclic) bond motifs is 2. The molecule has 0 unspecified atom stereocenters. The normalized spacial score (nSPS) is 17.7. The molecule has 6 heteroatoms. The van der Waals surface area contributed by atoms with E-state index in [1.165, 1.54) is 0 Å². The number of carbonyl (C=O) groups is 2. The minimum absolute atomic E-state index is 0.143. The second-order valence-corrected chi connectivity index (χ2v) is 6.48. The van der Waals surface area contributed by atoms with Gasteiger partial charge in [-0.1, -0.05) is 15.9 Å². The second kappa shape index (κ2) is 5.09. The number of hydrogen-bond acceptors (Lipinski definition) is 3. The number of nitrogens with zero attached hydrogens (tertiary/aromatic N) is 1. The first-order valence-electron chi connectivity index (χ1n) is 7.24. The number of carbonyl (C=O) groups excluding carboxylic acids is 2. The Hall–Kier alpha value is -2.34. The molecule has 2 aromatic rings. The molecule has 4 rings (SSSR count). The van der Waals surface area contributed by atoms with Crippen molar-refractivity contribution in [3.63, 3.8) is 0 Å². The summed E-state index contributed by atoms with van der Waals surface area (Å²) in [7, 11) is 0. The van der Waals surface area contributed by atoms with Gasteiger partial charge in [0.15, 0.2) is 0 Å². The van der Waals surface area contributed by atoms with E-state index in [2.05, 4.69) is 21.2 Å². The average molecular weight is 373 g/mol. The van der Waals surface area contributed by atoms with Gasteiger partial charge in [0.2, 0.25) is 0 Å². The van der Waals surface area contributed by atoms with Crippen LogP contribution in [0, 0.1) is 6.92 Å². The first kappa shape index (κ1) is 14.3. The molecule has 23 heavy (non-hydrogen) atoms. The Morgan fingerprint density at radius 2 is 2.13 bits per heavy atom. The number of esters is 1. The van der Waals surface area contributed by atoms with Crippen LogP contribution in [0.15, 0.2) is 29.0 Å². The zero-order chi connectivity index (χ0) is 16.1. The van der Waals surface area contributed by atoms with Crippen LogP contribution in [0.25, 0.3) is 11.8 Å². The molecular formula is C17H13BrN2O3. The van der Waals surface area contributed by atoms with Crippen molar-refractivity contribution in [3.8, 4) is 0 Å². The summed E-state index contributed by atoms with van der Waals surface area (Å²) in [6, 6.07) is 3.80. The minimum Gasteiger partial charge on any atom is -0.462 e. The van der Waals surface area contributed by atoms with Gasteiger partial charge in [0.1, 0.15) is 0 Å². The van der Waals surface area contributed by atoms with Crippen molar-refractivity contribution >= 4 is 45.3 Å². The number of anilines is 1. The lowest BCUT2D eigenvalue weighted by Crippen LogP contribution is -2.15. The van der Waals surface area contributed by atoms with Gasteiger partial charge in [-0.15, -0.1) is 0 Å². The molecule has 0 fully saturated rings. The monoisotopic (exact) mass is 372 g/mol. The van der Waals surface area contributed by atoms with Crippen LogP contribution in [-0.2, 0) is 16.0 Å². The SMILES string of the molecule is Cc1c(Br)ccc2c1C(=Cn1cc3c(c1)C(=O)OCC3)C(=O)N2. The van der Waals surface area contributed by atoms with Crippen LogP contribution in [0.3, 0.4) is 0 Å². The van der Waals surface area contributed by atoms with Crippen LogP contribution < -0.4 is 5.32 Å². The van der Waals surface area contributed by atoms with Crippen molar-refractivity contribution in [3.05, 3.63) is 51.3 Å². The molecule has 1 aromatic heterocycles. The fourth-order valence-corrected chi connectivity index (χ4v) is 3.35. The summed E-state index contributed by atoms with van der Waals surface area (Å²) in [5.41, 5.74) is 4.79. The highest BCUT2D eigenvalue weighted by Gasteiger charge is 2.27. The molecule has 0 atom stereocenters. The number of aromatic nitrogens is 1. The van der Waals surface area contributed by atoms with Gasteiger partial charge in [-0.25, -0.2) is 4.79 Å². The fraction of sp³-hybridized carbons (Fsp3) is 0.176. The van der Waals surface area contributed by atoms with Gasteiger partial charge in [0.05, 0.1) is 17.7 Å². The number of rotatable bonds is 1. The van der Waals surface area contributed by atoms with Crippen molar-refractivity contribution < 1.29 is 14.3 Å². The predicted molar refractivity (Wildman–Crippen MR) is 90.1 cm³/mol. The van der Waals surface area contributed by atoms with E-state index in [0.29, 0.717) is 24.2 Å². The molecular weight excluding hydrogens is 360 g/mol. The van der Waals surface area contributed by atoms with E-state index < -0.39 is 0 Å². The highest BCUT2D eigenvalue weighted by atomic mass is 79.9. The van der Waals surface area contributed by atoms with Gasteiger partial charge in [-0.05, 0) is 30.2 Å². The number of benzene rings is 1. The van der Waals surface area contributed by atoms with E-state index in [1.54, 1.807) is 17.0 Å². The Morgan fingerprint density at radius 1 is 1.30 bits per heavy atom. The van der Waals surface area contributed by atoms with E-state index in [4.69, 9.17) is 4.74 Å². The van der Waals surface area contributed by atoms with Gasteiger partial charge >= 0.3 is 5.97 Å². The molecule has 116 valence electrons. The molecule has 1 amide bonds. The fourth-order valence-electron chi connectivity index (χ4n) is 3.02. The van der Waals surface area contributed by atoms with Crippen molar-refractivity contribution in [2.75, 3.05) is 11.9 Å². The first-order chi connectivity index (χ1) is 11.0. The van der Waals surface area contributed by atoms with Crippen LogP contribution in [-0.4, -0.2) is 23.1 Å². The van der Waals surface area contributed by atoms with Crippen molar-refractivity contribution in [1.29, 1.82) is 0 Å². The summed E-state index contributed by atoms with van der Waals surface area (Å²) < 4.78 is 7.76. The number of halogens is 1. The summed E-state index contributed by atoms with van der Waals surface area (Å²) in [5, 5.41) is 2.87. The molecule has 0 bridgehead atoms. The Kier molecular flexibility index (Phi) is 3.16. The Labute approximate surface area is 141 Å². The van der Waals surface area contributed by atoms with E-state index in [0.717, 1.165) is 26.9 Å². The summed E-state index contributed by atoms with van der Waals surface area (Å²) in [4.78, 5) is 24.1. The number of amides is 1. The molecule has 2 aliphatic rings. The van der Waals surface area contributed by atoms with Gasteiger partial charge in [-0.2, -0.15) is 0 Å². The van der Waals surface area contributed by atoms with Crippen LogP contribution in [0.5, 0.6) is 0 Å². The van der Waals surface area contributed by atoms with E-state index in [-0.39, 0.29) is 11.9 Å².